The fraction of sp³-hybridized carbons (Fsp3) is 0.148. The van der Waals surface area contributed by atoms with Crippen LogP contribution in [0.2, 0.25) is 0 Å². The largest absolute Gasteiger partial charge is 0.340 e. The van der Waals surface area contributed by atoms with Crippen LogP contribution in [-0.4, -0.2) is 15.9 Å². The fourth-order valence-corrected chi connectivity index (χ4v) is 3.30. The summed E-state index contributed by atoms with van der Waals surface area (Å²) in [4.78, 5) is 21.2. The van der Waals surface area contributed by atoms with Gasteiger partial charge in [-0.3, -0.25) is 4.79 Å². The highest BCUT2D eigenvalue weighted by atomic mass is 16.1. The summed E-state index contributed by atoms with van der Waals surface area (Å²) in [5.74, 6) is 0.573. The second-order valence-corrected chi connectivity index (χ2v) is 8.64. The van der Waals surface area contributed by atoms with Crippen molar-refractivity contribution >= 4 is 23.1 Å². The standard InChI is InChI=1S/C27H26N4O/c1-27(2,3)21-11-9-20(10-12-21)26(32)31-23-15-13-22(14-16-23)30-25-17-24(28-18-29-25)19-7-5-4-6-8-19/h4-18H,1-3H3,(H,31,32)(H,28,29,30). The molecule has 1 heterocycles. The zero-order valence-corrected chi connectivity index (χ0v) is 18.5. The molecule has 0 unspecified atom stereocenters. The van der Waals surface area contributed by atoms with Gasteiger partial charge in [0.25, 0.3) is 5.91 Å². The molecule has 0 aliphatic heterocycles. The number of carbonyl (C=O) groups is 1. The first-order valence-electron chi connectivity index (χ1n) is 10.5. The van der Waals surface area contributed by atoms with Crippen molar-refractivity contribution in [3.63, 3.8) is 0 Å². The minimum Gasteiger partial charge on any atom is -0.340 e. The normalized spacial score (nSPS) is 11.1. The van der Waals surface area contributed by atoms with Gasteiger partial charge in [0.05, 0.1) is 5.69 Å². The number of anilines is 3. The quantitative estimate of drug-likeness (QED) is 0.388. The Balaban J connectivity index is 1.41. The molecule has 4 rings (SSSR count). The Bertz CT molecular complexity index is 1200. The topological polar surface area (TPSA) is 66.9 Å². The molecule has 0 atom stereocenters. The molecule has 4 aromatic rings. The van der Waals surface area contributed by atoms with E-state index in [0.29, 0.717) is 11.4 Å². The van der Waals surface area contributed by atoms with E-state index in [1.807, 2.05) is 84.9 Å². The number of nitrogens with zero attached hydrogens (tertiary/aromatic N) is 2. The lowest BCUT2D eigenvalue weighted by Crippen LogP contribution is -2.14. The van der Waals surface area contributed by atoms with Crippen LogP contribution in [0.4, 0.5) is 17.2 Å². The summed E-state index contributed by atoms with van der Waals surface area (Å²) in [7, 11) is 0. The molecule has 0 saturated heterocycles. The van der Waals surface area contributed by atoms with Crippen LogP contribution in [-0.2, 0) is 5.41 Å². The Labute approximate surface area is 188 Å². The molecule has 1 amide bonds. The number of amides is 1. The first-order chi connectivity index (χ1) is 15.4. The van der Waals surface area contributed by atoms with Crippen molar-refractivity contribution in [2.45, 2.75) is 26.2 Å². The molecular formula is C27H26N4O. The molecule has 1 aromatic heterocycles. The molecule has 5 nitrogen and oxygen atoms in total. The molecule has 5 heteroatoms. The van der Waals surface area contributed by atoms with Gasteiger partial charge in [-0.2, -0.15) is 0 Å². The number of hydrogen-bond donors (Lipinski definition) is 2. The van der Waals surface area contributed by atoms with E-state index < -0.39 is 0 Å². The van der Waals surface area contributed by atoms with Crippen LogP contribution < -0.4 is 10.6 Å². The van der Waals surface area contributed by atoms with E-state index in [9.17, 15) is 4.79 Å². The lowest BCUT2D eigenvalue weighted by molar-refractivity contribution is 0.102. The van der Waals surface area contributed by atoms with Crippen LogP contribution in [0.15, 0.2) is 91.3 Å². The second-order valence-electron chi connectivity index (χ2n) is 8.64. The van der Waals surface area contributed by atoms with Gasteiger partial charge in [0, 0.05) is 28.6 Å². The van der Waals surface area contributed by atoms with E-state index in [1.54, 1.807) is 6.33 Å². The molecule has 0 aliphatic carbocycles. The van der Waals surface area contributed by atoms with Crippen molar-refractivity contribution in [3.05, 3.63) is 102 Å². The minimum absolute atomic E-state index is 0.0589. The van der Waals surface area contributed by atoms with E-state index in [4.69, 9.17) is 0 Å². The summed E-state index contributed by atoms with van der Waals surface area (Å²) in [6.45, 7) is 6.46. The first kappa shape index (κ1) is 21.2. The number of benzene rings is 3. The maximum atomic E-state index is 12.6. The Hall–Kier alpha value is -3.99. The molecule has 3 aromatic carbocycles. The molecule has 32 heavy (non-hydrogen) atoms. The highest BCUT2D eigenvalue weighted by Crippen LogP contribution is 2.24. The highest BCUT2D eigenvalue weighted by molar-refractivity contribution is 6.04. The second kappa shape index (κ2) is 9.02. The van der Waals surface area contributed by atoms with Gasteiger partial charge >= 0.3 is 0 Å². The third kappa shape index (κ3) is 5.19. The van der Waals surface area contributed by atoms with E-state index in [-0.39, 0.29) is 11.3 Å². The van der Waals surface area contributed by atoms with Crippen molar-refractivity contribution < 1.29 is 4.79 Å². The van der Waals surface area contributed by atoms with Crippen LogP contribution in [0, 0.1) is 0 Å². The minimum atomic E-state index is -0.130. The van der Waals surface area contributed by atoms with Crippen LogP contribution in [0.5, 0.6) is 0 Å². The van der Waals surface area contributed by atoms with E-state index >= 15 is 0 Å². The van der Waals surface area contributed by atoms with Gasteiger partial charge in [-0.15, -0.1) is 0 Å². The molecule has 0 bridgehead atoms. The van der Waals surface area contributed by atoms with Gasteiger partial charge in [-0.25, -0.2) is 9.97 Å². The predicted molar refractivity (Wildman–Crippen MR) is 130 cm³/mol. The predicted octanol–water partition coefficient (Wildman–Crippen LogP) is 6.44. The van der Waals surface area contributed by atoms with Crippen molar-refractivity contribution in [2.24, 2.45) is 0 Å². The van der Waals surface area contributed by atoms with Crippen LogP contribution in [0.25, 0.3) is 11.3 Å². The summed E-state index contributed by atoms with van der Waals surface area (Å²) < 4.78 is 0. The van der Waals surface area contributed by atoms with Crippen molar-refractivity contribution in [3.8, 4) is 11.3 Å². The lowest BCUT2D eigenvalue weighted by Gasteiger charge is -2.19. The Morgan fingerprint density at radius 2 is 1.44 bits per heavy atom. The zero-order valence-electron chi connectivity index (χ0n) is 18.5. The van der Waals surface area contributed by atoms with Gasteiger partial charge in [0.15, 0.2) is 0 Å². The van der Waals surface area contributed by atoms with Gasteiger partial charge in [-0.05, 0) is 47.4 Å². The zero-order chi connectivity index (χ0) is 22.6. The summed E-state index contributed by atoms with van der Waals surface area (Å²) in [5, 5.41) is 6.23. The fourth-order valence-electron chi connectivity index (χ4n) is 3.30. The third-order valence-electron chi connectivity index (χ3n) is 5.16. The molecule has 2 N–H and O–H groups in total. The van der Waals surface area contributed by atoms with Crippen LogP contribution in [0.3, 0.4) is 0 Å². The van der Waals surface area contributed by atoms with E-state index in [0.717, 1.165) is 22.6 Å². The summed E-state index contributed by atoms with van der Waals surface area (Å²) in [6.07, 6.45) is 1.55. The van der Waals surface area contributed by atoms with Gasteiger partial charge in [-0.1, -0.05) is 63.2 Å². The number of nitrogens with one attached hydrogen (secondary N) is 2. The molecule has 0 aliphatic rings. The average Bonchev–Trinajstić information content (AvgIpc) is 2.81. The van der Waals surface area contributed by atoms with Crippen molar-refractivity contribution in [2.75, 3.05) is 10.6 Å². The number of rotatable bonds is 5. The molecular weight excluding hydrogens is 396 g/mol. The van der Waals surface area contributed by atoms with Crippen LogP contribution >= 0.6 is 0 Å². The Morgan fingerprint density at radius 1 is 0.781 bits per heavy atom. The Kier molecular flexibility index (Phi) is 5.99. The van der Waals surface area contributed by atoms with Gasteiger partial charge in [0.2, 0.25) is 0 Å². The Morgan fingerprint density at radius 3 is 2.09 bits per heavy atom. The summed E-state index contributed by atoms with van der Waals surface area (Å²) in [5.41, 5.74) is 5.38. The first-order valence-corrected chi connectivity index (χ1v) is 10.5. The van der Waals surface area contributed by atoms with Gasteiger partial charge in [0.1, 0.15) is 12.1 Å². The summed E-state index contributed by atoms with van der Waals surface area (Å²) >= 11 is 0. The molecule has 0 fully saturated rings. The number of aromatic nitrogens is 2. The van der Waals surface area contributed by atoms with E-state index in [1.165, 1.54) is 5.56 Å². The van der Waals surface area contributed by atoms with Gasteiger partial charge < -0.3 is 10.6 Å². The van der Waals surface area contributed by atoms with Crippen molar-refractivity contribution in [1.29, 1.82) is 0 Å². The molecule has 0 spiro atoms. The SMILES string of the molecule is CC(C)(C)c1ccc(C(=O)Nc2ccc(Nc3cc(-c4ccccc4)ncn3)cc2)cc1. The molecule has 160 valence electrons. The molecule has 0 radical (unpaired) electrons. The maximum Gasteiger partial charge on any atom is 0.255 e. The van der Waals surface area contributed by atoms with Crippen LogP contribution in [0.1, 0.15) is 36.7 Å². The van der Waals surface area contributed by atoms with E-state index in [2.05, 4.69) is 41.4 Å². The lowest BCUT2D eigenvalue weighted by atomic mass is 9.87. The third-order valence-corrected chi connectivity index (χ3v) is 5.16. The highest BCUT2D eigenvalue weighted by Gasteiger charge is 2.14. The molecule has 0 saturated carbocycles. The average molecular weight is 423 g/mol. The number of hydrogen-bond acceptors (Lipinski definition) is 4. The maximum absolute atomic E-state index is 12.6. The van der Waals surface area contributed by atoms with Crippen molar-refractivity contribution in [1.82, 2.24) is 9.97 Å². The smallest absolute Gasteiger partial charge is 0.255 e. The summed E-state index contributed by atoms with van der Waals surface area (Å²) in [6, 6.07) is 27.2. The monoisotopic (exact) mass is 422 g/mol. The number of carbonyl (C=O) groups excluding carboxylic acids is 1.